The predicted molar refractivity (Wildman–Crippen MR) is 137 cm³/mol. The molecule has 34 heavy (non-hydrogen) atoms. The smallest absolute Gasteiger partial charge is 0.144 e. The molecule has 0 aliphatic carbocycles. The number of furan rings is 1. The van der Waals surface area contributed by atoms with Crippen LogP contribution >= 0.6 is 0 Å². The van der Waals surface area contributed by atoms with E-state index in [-0.39, 0.29) is 0 Å². The van der Waals surface area contributed by atoms with Gasteiger partial charge in [0, 0.05) is 28.1 Å². The van der Waals surface area contributed by atoms with E-state index < -0.39 is 0 Å². The number of hydrogen-bond acceptors (Lipinski definition) is 3. The Hall–Kier alpha value is -4.68. The van der Waals surface area contributed by atoms with Crippen LogP contribution in [0, 0.1) is 18.3 Å². The third kappa shape index (κ3) is 3.17. The summed E-state index contributed by atoms with van der Waals surface area (Å²) in [7, 11) is 0. The average molecular weight is 437 g/mol. The molecule has 3 heteroatoms. The number of aryl methyl sites for hydroxylation is 1. The molecule has 2 heterocycles. The van der Waals surface area contributed by atoms with Gasteiger partial charge in [0.15, 0.2) is 0 Å². The Kier molecular flexibility index (Phi) is 4.71. The number of nitriles is 1. The molecular formula is C31H20N2O. The van der Waals surface area contributed by atoms with Crippen LogP contribution in [0.15, 0.2) is 108 Å². The molecule has 0 amide bonds. The minimum Gasteiger partial charge on any atom is -0.455 e. The maximum Gasteiger partial charge on any atom is 0.144 e. The quantitative estimate of drug-likeness (QED) is 0.281. The summed E-state index contributed by atoms with van der Waals surface area (Å²) in [4.78, 5) is 4.52. The molecule has 4 aromatic carbocycles. The molecule has 0 bridgehead atoms. The first-order valence-electron chi connectivity index (χ1n) is 11.2. The summed E-state index contributed by atoms with van der Waals surface area (Å²) in [6.07, 6.45) is 1.78. The zero-order valence-electron chi connectivity index (χ0n) is 18.6. The number of hydrogen-bond donors (Lipinski definition) is 0. The van der Waals surface area contributed by atoms with Crippen molar-refractivity contribution in [3.63, 3.8) is 0 Å². The summed E-state index contributed by atoms with van der Waals surface area (Å²) >= 11 is 0. The van der Waals surface area contributed by atoms with E-state index in [0.29, 0.717) is 5.56 Å². The normalized spacial score (nSPS) is 11.1. The number of benzene rings is 4. The van der Waals surface area contributed by atoms with Gasteiger partial charge in [-0.2, -0.15) is 5.26 Å². The molecule has 0 unspecified atom stereocenters. The van der Waals surface area contributed by atoms with Gasteiger partial charge in [0.05, 0.1) is 17.3 Å². The lowest BCUT2D eigenvalue weighted by atomic mass is 9.94. The van der Waals surface area contributed by atoms with Gasteiger partial charge in [-0.05, 0) is 59.5 Å². The summed E-state index contributed by atoms with van der Waals surface area (Å²) in [6.45, 7) is 2.12. The molecular weight excluding hydrogens is 416 g/mol. The van der Waals surface area contributed by atoms with E-state index in [2.05, 4.69) is 66.5 Å². The molecule has 2 aromatic heterocycles. The predicted octanol–water partition coefficient (Wildman–Crippen LogP) is 8.16. The fourth-order valence-corrected chi connectivity index (χ4v) is 4.68. The van der Waals surface area contributed by atoms with Crippen molar-refractivity contribution >= 4 is 21.9 Å². The van der Waals surface area contributed by atoms with E-state index >= 15 is 0 Å². The SMILES string of the molecule is Cc1ccccc1-c1ccc(-c2c(C#N)ccc3c2oc2c(-c4ccccn4)cccc23)cc1. The van der Waals surface area contributed by atoms with Gasteiger partial charge in [0.25, 0.3) is 0 Å². The summed E-state index contributed by atoms with van der Waals surface area (Å²) < 4.78 is 6.51. The summed E-state index contributed by atoms with van der Waals surface area (Å²) in [5.41, 5.74) is 9.25. The number of para-hydroxylation sites is 1. The largest absolute Gasteiger partial charge is 0.455 e. The number of nitrogens with zero attached hydrogens (tertiary/aromatic N) is 2. The summed E-state index contributed by atoms with van der Waals surface area (Å²) in [5.74, 6) is 0. The highest BCUT2D eigenvalue weighted by Crippen LogP contribution is 2.41. The number of fused-ring (bicyclic) bond motifs is 3. The highest BCUT2D eigenvalue weighted by Gasteiger charge is 2.19. The highest BCUT2D eigenvalue weighted by atomic mass is 16.3. The molecule has 6 aromatic rings. The van der Waals surface area contributed by atoms with Crippen LogP contribution in [0.25, 0.3) is 55.4 Å². The molecule has 0 spiro atoms. The lowest BCUT2D eigenvalue weighted by Crippen LogP contribution is -1.87. The van der Waals surface area contributed by atoms with Crippen LogP contribution in [0.5, 0.6) is 0 Å². The van der Waals surface area contributed by atoms with Gasteiger partial charge >= 0.3 is 0 Å². The monoisotopic (exact) mass is 436 g/mol. The van der Waals surface area contributed by atoms with Gasteiger partial charge in [-0.25, -0.2) is 0 Å². The fourth-order valence-electron chi connectivity index (χ4n) is 4.68. The highest BCUT2D eigenvalue weighted by molar-refractivity contribution is 6.13. The Morgan fingerprint density at radius 2 is 1.41 bits per heavy atom. The number of aromatic nitrogens is 1. The van der Waals surface area contributed by atoms with Crippen molar-refractivity contribution in [3.05, 3.63) is 114 Å². The van der Waals surface area contributed by atoms with Crippen molar-refractivity contribution in [2.24, 2.45) is 0 Å². The molecule has 0 saturated heterocycles. The van der Waals surface area contributed by atoms with Crippen LogP contribution in [0.1, 0.15) is 11.1 Å². The molecule has 0 fully saturated rings. The minimum absolute atomic E-state index is 0.592. The van der Waals surface area contributed by atoms with Gasteiger partial charge in [-0.3, -0.25) is 4.98 Å². The van der Waals surface area contributed by atoms with Crippen LogP contribution in [0.4, 0.5) is 0 Å². The van der Waals surface area contributed by atoms with E-state index in [1.165, 1.54) is 11.1 Å². The van der Waals surface area contributed by atoms with E-state index in [9.17, 15) is 5.26 Å². The lowest BCUT2D eigenvalue weighted by molar-refractivity contribution is 0.670. The van der Waals surface area contributed by atoms with Gasteiger partial charge in [0.2, 0.25) is 0 Å². The zero-order valence-corrected chi connectivity index (χ0v) is 18.6. The van der Waals surface area contributed by atoms with Crippen LogP contribution in [-0.4, -0.2) is 4.98 Å². The van der Waals surface area contributed by atoms with E-state index in [1.54, 1.807) is 6.20 Å². The Bertz CT molecular complexity index is 1710. The standard InChI is InChI=1S/C31H20N2O/c1-20-7-2-3-8-24(20)21-12-14-22(15-13-21)29-23(19-32)16-17-26-25-9-6-10-27(30(25)34-31(26)29)28-11-4-5-18-33-28/h2-18H,1H3. The second-order valence-electron chi connectivity index (χ2n) is 8.37. The Morgan fingerprint density at radius 3 is 2.18 bits per heavy atom. The molecule has 0 N–H and O–H groups in total. The molecule has 0 radical (unpaired) electrons. The third-order valence-corrected chi connectivity index (χ3v) is 6.36. The first-order chi connectivity index (χ1) is 16.7. The Balaban J connectivity index is 1.57. The van der Waals surface area contributed by atoms with Crippen molar-refractivity contribution in [3.8, 4) is 39.6 Å². The molecule has 0 saturated carbocycles. The molecule has 160 valence electrons. The Labute approximate surface area is 197 Å². The van der Waals surface area contributed by atoms with Crippen molar-refractivity contribution in [2.75, 3.05) is 0 Å². The van der Waals surface area contributed by atoms with Gasteiger partial charge in [-0.15, -0.1) is 0 Å². The van der Waals surface area contributed by atoms with Crippen molar-refractivity contribution in [2.45, 2.75) is 6.92 Å². The molecule has 0 aliphatic rings. The molecule has 0 atom stereocenters. The number of pyridine rings is 1. The average Bonchev–Trinajstić information content (AvgIpc) is 3.28. The van der Waals surface area contributed by atoms with Crippen LogP contribution in [-0.2, 0) is 0 Å². The van der Waals surface area contributed by atoms with Crippen LogP contribution < -0.4 is 0 Å². The van der Waals surface area contributed by atoms with Crippen LogP contribution in [0.2, 0.25) is 0 Å². The summed E-state index contributed by atoms with van der Waals surface area (Å²) in [6, 6.07) is 34.9. The van der Waals surface area contributed by atoms with Crippen molar-refractivity contribution < 1.29 is 4.42 Å². The van der Waals surface area contributed by atoms with E-state index in [0.717, 1.165) is 49.9 Å². The first-order valence-corrected chi connectivity index (χ1v) is 11.2. The van der Waals surface area contributed by atoms with Crippen LogP contribution in [0.3, 0.4) is 0 Å². The van der Waals surface area contributed by atoms with Gasteiger partial charge in [-0.1, -0.05) is 66.7 Å². The first kappa shape index (κ1) is 20.0. The van der Waals surface area contributed by atoms with Gasteiger partial charge in [0.1, 0.15) is 11.2 Å². The molecule has 0 aliphatic heterocycles. The summed E-state index contributed by atoms with van der Waals surface area (Å²) in [5, 5.41) is 11.9. The fraction of sp³-hybridized carbons (Fsp3) is 0.0323. The zero-order chi connectivity index (χ0) is 23.1. The minimum atomic E-state index is 0.592. The van der Waals surface area contributed by atoms with E-state index in [1.807, 2.05) is 48.5 Å². The van der Waals surface area contributed by atoms with Gasteiger partial charge < -0.3 is 4.42 Å². The molecule has 3 nitrogen and oxygen atoms in total. The maximum absolute atomic E-state index is 9.91. The van der Waals surface area contributed by atoms with Crippen molar-refractivity contribution in [1.82, 2.24) is 4.98 Å². The van der Waals surface area contributed by atoms with Crippen molar-refractivity contribution in [1.29, 1.82) is 5.26 Å². The Morgan fingerprint density at radius 1 is 0.676 bits per heavy atom. The third-order valence-electron chi connectivity index (χ3n) is 6.36. The number of rotatable bonds is 3. The van der Waals surface area contributed by atoms with E-state index in [4.69, 9.17) is 4.42 Å². The second-order valence-corrected chi connectivity index (χ2v) is 8.37. The lowest BCUT2D eigenvalue weighted by Gasteiger charge is -2.09. The maximum atomic E-state index is 9.91. The topological polar surface area (TPSA) is 49.8 Å². The molecule has 6 rings (SSSR count). The second kappa shape index (κ2) is 8.03.